The number of rotatable bonds is 3. The highest BCUT2D eigenvalue weighted by molar-refractivity contribution is 7.80. The summed E-state index contributed by atoms with van der Waals surface area (Å²) in [6.07, 6.45) is 4.37. The molecule has 13 heavy (non-hydrogen) atoms. The fourth-order valence-corrected chi connectivity index (χ4v) is 0.941. The summed E-state index contributed by atoms with van der Waals surface area (Å²) < 4.78 is 0. The van der Waals surface area contributed by atoms with Crippen LogP contribution in [0, 0.1) is 0 Å². The lowest BCUT2D eigenvalue weighted by atomic mass is 10.5. The molecule has 0 unspecified atom stereocenters. The fraction of sp³-hybridized carbons (Fsp3) is 0.375. The van der Waals surface area contributed by atoms with Crippen molar-refractivity contribution in [3.05, 3.63) is 18.5 Å². The van der Waals surface area contributed by atoms with Gasteiger partial charge in [-0.25, -0.2) is 9.97 Å². The molecule has 0 saturated heterocycles. The number of nitrogens with zero attached hydrogens (tertiary/aromatic N) is 2. The van der Waals surface area contributed by atoms with E-state index in [2.05, 4.69) is 27.5 Å². The molecule has 0 radical (unpaired) electrons. The Labute approximate surface area is 82.8 Å². The van der Waals surface area contributed by atoms with Crippen molar-refractivity contribution >= 4 is 23.3 Å². The minimum Gasteiger partial charge on any atom is -0.362 e. The quantitative estimate of drug-likeness (QED) is 0.711. The van der Waals surface area contributed by atoms with Crippen LogP contribution < -0.4 is 10.6 Å². The lowest BCUT2D eigenvalue weighted by molar-refractivity contribution is 0.845. The van der Waals surface area contributed by atoms with Crippen LogP contribution in [0.3, 0.4) is 0 Å². The van der Waals surface area contributed by atoms with Crippen LogP contribution >= 0.6 is 12.2 Å². The summed E-state index contributed by atoms with van der Waals surface area (Å²) >= 11 is 5.00. The zero-order valence-corrected chi connectivity index (χ0v) is 8.27. The Morgan fingerprint density at radius 1 is 1.46 bits per heavy atom. The molecule has 0 fully saturated rings. The lowest BCUT2D eigenvalue weighted by Crippen LogP contribution is -2.29. The molecular weight excluding hydrogens is 184 g/mol. The van der Waals surface area contributed by atoms with Gasteiger partial charge in [0.15, 0.2) is 5.11 Å². The van der Waals surface area contributed by atoms with E-state index in [1.54, 1.807) is 18.5 Å². The highest BCUT2D eigenvalue weighted by Crippen LogP contribution is 1.92. The second-order valence-electron chi connectivity index (χ2n) is 2.45. The molecule has 2 N–H and O–H groups in total. The standard InChI is InChI=1S/C8H12N4S/c1-2-4-11-8(13)12-7-9-5-3-6-10-7/h3,5-6H,2,4H2,1H3,(H2,9,10,11,12,13). The van der Waals surface area contributed by atoms with E-state index < -0.39 is 0 Å². The SMILES string of the molecule is CCCNC(=S)Nc1ncccn1. The van der Waals surface area contributed by atoms with E-state index in [1.807, 2.05) is 0 Å². The average Bonchev–Trinajstić information content (AvgIpc) is 2.16. The summed E-state index contributed by atoms with van der Waals surface area (Å²) in [5, 5.41) is 6.46. The highest BCUT2D eigenvalue weighted by Gasteiger charge is 1.96. The number of thiocarbonyl (C=S) groups is 1. The topological polar surface area (TPSA) is 49.8 Å². The third kappa shape index (κ3) is 3.80. The Bertz CT molecular complexity index is 262. The third-order valence-electron chi connectivity index (χ3n) is 1.33. The molecule has 0 amide bonds. The molecule has 5 heteroatoms. The summed E-state index contributed by atoms with van der Waals surface area (Å²) in [6.45, 7) is 2.94. The molecule has 0 aliphatic rings. The Morgan fingerprint density at radius 2 is 2.15 bits per heavy atom. The minimum absolute atomic E-state index is 0.524. The molecule has 70 valence electrons. The number of hydrogen-bond donors (Lipinski definition) is 2. The number of nitrogens with one attached hydrogen (secondary N) is 2. The first-order valence-corrected chi connectivity index (χ1v) is 4.55. The van der Waals surface area contributed by atoms with Gasteiger partial charge in [-0.2, -0.15) is 0 Å². The maximum absolute atomic E-state index is 5.00. The molecule has 0 spiro atoms. The molecule has 0 aliphatic heterocycles. The van der Waals surface area contributed by atoms with Gasteiger partial charge in [-0.05, 0) is 24.7 Å². The maximum Gasteiger partial charge on any atom is 0.228 e. The molecule has 1 aromatic heterocycles. The van der Waals surface area contributed by atoms with Gasteiger partial charge in [0, 0.05) is 18.9 Å². The monoisotopic (exact) mass is 196 g/mol. The summed E-state index contributed by atoms with van der Waals surface area (Å²) in [5.74, 6) is 0.524. The Balaban J connectivity index is 2.37. The van der Waals surface area contributed by atoms with Crippen LogP contribution in [0.1, 0.15) is 13.3 Å². The molecule has 0 atom stereocenters. The van der Waals surface area contributed by atoms with Gasteiger partial charge >= 0.3 is 0 Å². The predicted molar refractivity (Wildman–Crippen MR) is 56.5 cm³/mol. The average molecular weight is 196 g/mol. The molecule has 4 nitrogen and oxygen atoms in total. The van der Waals surface area contributed by atoms with E-state index in [4.69, 9.17) is 12.2 Å². The van der Waals surface area contributed by atoms with E-state index in [-0.39, 0.29) is 0 Å². The smallest absolute Gasteiger partial charge is 0.228 e. The zero-order chi connectivity index (χ0) is 9.52. The van der Waals surface area contributed by atoms with Crippen molar-refractivity contribution in [1.29, 1.82) is 0 Å². The van der Waals surface area contributed by atoms with Gasteiger partial charge in [0.05, 0.1) is 0 Å². The van der Waals surface area contributed by atoms with Gasteiger partial charge in [-0.1, -0.05) is 6.92 Å². The van der Waals surface area contributed by atoms with Gasteiger partial charge in [0.1, 0.15) is 0 Å². The summed E-state index contributed by atoms with van der Waals surface area (Å²) in [4.78, 5) is 7.95. The Morgan fingerprint density at radius 3 is 2.77 bits per heavy atom. The van der Waals surface area contributed by atoms with E-state index in [0.29, 0.717) is 11.1 Å². The first kappa shape index (κ1) is 9.85. The van der Waals surface area contributed by atoms with Crippen LogP contribution in [0.25, 0.3) is 0 Å². The molecule has 0 aliphatic carbocycles. The van der Waals surface area contributed by atoms with Crippen molar-refractivity contribution in [3.63, 3.8) is 0 Å². The first-order valence-electron chi connectivity index (χ1n) is 4.15. The molecule has 1 heterocycles. The van der Waals surface area contributed by atoms with Crippen LogP contribution in [0.4, 0.5) is 5.95 Å². The van der Waals surface area contributed by atoms with Crippen LogP contribution in [-0.4, -0.2) is 21.6 Å². The third-order valence-corrected chi connectivity index (χ3v) is 1.57. The predicted octanol–water partition coefficient (Wildman–Crippen LogP) is 1.17. The van der Waals surface area contributed by atoms with Gasteiger partial charge in [0.25, 0.3) is 0 Å². The lowest BCUT2D eigenvalue weighted by Gasteiger charge is -2.06. The van der Waals surface area contributed by atoms with Gasteiger partial charge in [0.2, 0.25) is 5.95 Å². The normalized spacial score (nSPS) is 9.31. The second-order valence-corrected chi connectivity index (χ2v) is 2.86. The molecule has 0 aromatic carbocycles. The van der Waals surface area contributed by atoms with Crippen molar-refractivity contribution in [2.45, 2.75) is 13.3 Å². The zero-order valence-electron chi connectivity index (χ0n) is 7.45. The van der Waals surface area contributed by atoms with Crippen molar-refractivity contribution in [1.82, 2.24) is 15.3 Å². The largest absolute Gasteiger partial charge is 0.362 e. The first-order chi connectivity index (χ1) is 6.33. The minimum atomic E-state index is 0.524. The van der Waals surface area contributed by atoms with E-state index in [1.165, 1.54) is 0 Å². The summed E-state index contributed by atoms with van der Waals surface area (Å²) in [5.41, 5.74) is 0. The molecule has 0 bridgehead atoms. The van der Waals surface area contributed by atoms with Crippen molar-refractivity contribution < 1.29 is 0 Å². The molecule has 0 saturated carbocycles. The Kier molecular flexibility index (Phi) is 4.11. The number of hydrogen-bond acceptors (Lipinski definition) is 3. The van der Waals surface area contributed by atoms with E-state index in [0.717, 1.165) is 13.0 Å². The van der Waals surface area contributed by atoms with Crippen LogP contribution in [-0.2, 0) is 0 Å². The van der Waals surface area contributed by atoms with Crippen molar-refractivity contribution in [2.24, 2.45) is 0 Å². The van der Waals surface area contributed by atoms with Crippen LogP contribution in [0.2, 0.25) is 0 Å². The van der Waals surface area contributed by atoms with E-state index >= 15 is 0 Å². The fourth-order valence-electron chi connectivity index (χ4n) is 0.748. The van der Waals surface area contributed by atoms with Gasteiger partial charge in [-0.3, -0.25) is 0 Å². The Hall–Kier alpha value is -1.23. The van der Waals surface area contributed by atoms with Crippen LogP contribution in [0.5, 0.6) is 0 Å². The van der Waals surface area contributed by atoms with Crippen molar-refractivity contribution in [3.8, 4) is 0 Å². The summed E-state index contributed by atoms with van der Waals surface area (Å²) in [6, 6.07) is 1.76. The number of aromatic nitrogens is 2. The van der Waals surface area contributed by atoms with Crippen molar-refractivity contribution in [2.75, 3.05) is 11.9 Å². The van der Waals surface area contributed by atoms with Crippen LogP contribution in [0.15, 0.2) is 18.5 Å². The highest BCUT2D eigenvalue weighted by atomic mass is 32.1. The van der Waals surface area contributed by atoms with Gasteiger partial charge in [-0.15, -0.1) is 0 Å². The molecule has 1 rings (SSSR count). The maximum atomic E-state index is 5.00. The molecular formula is C8H12N4S. The molecule has 1 aromatic rings. The summed E-state index contributed by atoms with van der Waals surface area (Å²) in [7, 11) is 0. The van der Waals surface area contributed by atoms with E-state index in [9.17, 15) is 0 Å². The second kappa shape index (κ2) is 5.42. The van der Waals surface area contributed by atoms with Gasteiger partial charge < -0.3 is 10.6 Å². The number of anilines is 1.